The summed E-state index contributed by atoms with van der Waals surface area (Å²) in [5.74, 6) is 1.05. The van der Waals surface area contributed by atoms with E-state index in [0.717, 1.165) is 40.4 Å². The summed E-state index contributed by atoms with van der Waals surface area (Å²) in [7, 11) is 3.53. The molecule has 0 aliphatic rings. The highest BCUT2D eigenvalue weighted by Gasteiger charge is 2.20. The van der Waals surface area contributed by atoms with Gasteiger partial charge < -0.3 is 18.5 Å². The normalized spacial score (nSPS) is 11.2. The molecule has 0 bridgehead atoms. The Kier molecular flexibility index (Phi) is 5.55. The number of ether oxygens (including phenoxy) is 2. The Morgan fingerprint density at radius 1 is 1.06 bits per heavy atom. The first-order valence-corrected chi connectivity index (χ1v) is 10.3. The van der Waals surface area contributed by atoms with Crippen molar-refractivity contribution in [3.63, 3.8) is 0 Å². The number of aryl methyl sites for hydroxylation is 2. The summed E-state index contributed by atoms with van der Waals surface area (Å²) in [6, 6.07) is 12.6. The highest BCUT2D eigenvalue weighted by Crippen LogP contribution is 2.29. The molecule has 0 aliphatic heterocycles. The molecule has 2 aromatic carbocycles. The Morgan fingerprint density at radius 2 is 1.84 bits per heavy atom. The van der Waals surface area contributed by atoms with Crippen LogP contribution in [0.4, 0.5) is 0 Å². The van der Waals surface area contributed by atoms with Crippen LogP contribution in [0, 0.1) is 6.92 Å². The average Bonchev–Trinajstić information content (AvgIpc) is 3.01. The molecule has 160 valence electrons. The number of Topliss-reactive ketones (excluding diaryl/α,β-unsaturated/α-hetero) is 1. The highest BCUT2D eigenvalue weighted by molar-refractivity contribution is 6.10. The van der Waals surface area contributed by atoms with Crippen LogP contribution in [0.5, 0.6) is 11.5 Å². The van der Waals surface area contributed by atoms with Gasteiger partial charge in [0.05, 0.1) is 7.11 Å². The second-order valence-electron chi connectivity index (χ2n) is 7.61. The van der Waals surface area contributed by atoms with E-state index in [1.165, 1.54) is 6.07 Å². The number of carbonyl (C=O) groups is 1. The molecule has 0 atom stereocenters. The van der Waals surface area contributed by atoms with Crippen molar-refractivity contribution in [2.24, 2.45) is 7.05 Å². The first kappa shape index (κ1) is 20.7. The van der Waals surface area contributed by atoms with Gasteiger partial charge in [-0.15, -0.1) is 0 Å². The van der Waals surface area contributed by atoms with E-state index in [2.05, 4.69) is 6.92 Å². The molecular weight excluding hydrogens is 394 g/mol. The molecule has 4 rings (SSSR count). The lowest BCUT2D eigenvalue weighted by Crippen LogP contribution is -2.13. The van der Waals surface area contributed by atoms with Crippen molar-refractivity contribution in [1.82, 2.24) is 4.57 Å². The number of rotatable bonds is 7. The number of fused-ring (bicyclic) bond motifs is 2. The molecule has 2 heterocycles. The van der Waals surface area contributed by atoms with E-state index >= 15 is 0 Å². The Hall–Kier alpha value is -3.54. The third-order valence-corrected chi connectivity index (χ3v) is 5.67. The van der Waals surface area contributed by atoms with Crippen LogP contribution in [-0.4, -0.2) is 24.1 Å². The Morgan fingerprint density at radius 3 is 2.58 bits per heavy atom. The van der Waals surface area contributed by atoms with Gasteiger partial charge in [0, 0.05) is 46.7 Å². The molecule has 0 radical (unpaired) electrons. The highest BCUT2D eigenvalue weighted by atomic mass is 16.5. The van der Waals surface area contributed by atoms with Crippen LogP contribution >= 0.6 is 0 Å². The summed E-state index contributed by atoms with van der Waals surface area (Å²) in [5, 5.41) is 1.72. The maximum absolute atomic E-state index is 13.1. The third-order valence-electron chi connectivity index (χ3n) is 5.67. The van der Waals surface area contributed by atoms with E-state index in [1.54, 1.807) is 19.2 Å². The van der Waals surface area contributed by atoms with Crippen LogP contribution < -0.4 is 15.1 Å². The van der Waals surface area contributed by atoms with E-state index in [9.17, 15) is 9.59 Å². The van der Waals surface area contributed by atoms with Crippen LogP contribution in [0.2, 0.25) is 0 Å². The minimum Gasteiger partial charge on any atom is -0.497 e. The Balaban J connectivity index is 1.63. The summed E-state index contributed by atoms with van der Waals surface area (Å²) in [5.41, 5.74) is 3.48. The van der Waals surface area contributed by atoms with Gasteiger partial charge in [-0.3, -0.25) is 4.79 Å². The molecule has 0 fully saturated rings. The second-order valence-corrected chi connectivity index (χ2v) is 7.61. The van der Waals surface area contributed by atoms with E-state index in [0.29, 0.717) is 22.6 Å². The quantitative estimate of drug-likeness (QED) is 0.317. The summed E-state index contributed by atoms with van der Waals surface area (Å²) >= 11 is 0. The molecule has 0 N–H and O–H groups in total. The molecule has 0 unspecified atom stereocenters. The number of ketones is 1. The molecule has 31 heavy (non-hydrogen) atoms. The maximum Gasteiger partial charge on any atom is 0.336 e. The minimum absolute atomic E-state index is 0.123. The predicted molar refractivity (Wildman–Crippen MR) is 121 cm³/mol. The van der Waals surface area contributed by atoms with Crippen molar-refractivity contribution in [3.05, 3.63) is 69.7 Å². The molecule has 0 saturated heterocycles. The van der Waals surface area contributed by atoms with Crippen molar-refractivity contribution in [2.45, 2.75) is 26.7 Å². The summed E-state index contributed by atoms with van der Waals surface area (Å²) in [4.78, 5) is 25.0. The van der Waals surface area contributed by atoms with Crippen molar-refractivity contribution in [3.8, 4) is 11.5 Å². The van der Waals surface area contributed by atoms with Crippen LogP contribution in [-0.2, 0) is 13.5 Å². The fraction of sp³-hybridized carbons (Fsp3) is 0.280. The zero-order valence-electron chi connectivity index (χ0n) is 18.2. The third kappa shape index (κ3) is 3.81. The monoisotopic (exact) mass is 419 g/mol. The van der Waals surface area contributed by atoms with Gasteiger partial charge >= 0.3 is 5.63 Å². The van der Waals surface area contributed by atoms with E-state index in [4.69, 9.17) is 13.9 Å². The van der Waals surface area contributed by atoms with Gasteiger partial charge in [0.1, 0.15) is 17.1 Å². The van der Waals surface area contributed by atoms with Crippen molar-refractivity contribution in [1.29, 1.82) is 0 Å². The fourth-order valence-corrected chi connectivity index (χ4v) is 4.03. The summed E-state index contributed by atoms with van der Waals surface area (Å²) < 4.78 is 18.4. The number of hydrogen-bond acceptors (Lipinski definition) is 5. The Labute approximate surface area is 180 Å². The Bertz CT molecular complexity index is 1350. The van der Waals surface area contributed by atoms with Gasteiger partial charge in [0.15, 0.2) is 6.61 Å². The number of nitrogens with zero attached hydrogens (tertiary/aromatic N) is 1. The van der Waals surface area contributed by atoms with Gasteiger partial charge in [-0.1, -0.05) is 13.3 Å². The first-order chi connectivity index (χ1) is 14.9. The molecule has 6 nitrogen and oxygen atoms in total. The molecule has 0 aliphatic carbocycles. The number of hydrogen-bond donors (Lipinski definition) is 0. The SMILES string of the molecule is CCCc1cc(=O)oc2cc(OCC(=O)c3c(C)n(C)c4ccc(OC)cc34)ccc12. The van der Waals surface area contributed by atoms with Gasteiger partial charge in [-0.05, 0) is 49.2 Å². The lowest BCUT2D eigenvalue weighted by Gasteiger charge is -2.09. The largest absolute Gasteiger partial charge is 0.497 e. The molecule has 0 saturated carbocycles. The van der Waals surface area contributed by atoms with Gasteiger partial charge in [-0.25, -0.2) is 4.79 Å². The van der Waals surface area contributed by atoms with Crippen molar-refractivity contribution >= 4 is 27.7 Å². The second kappa shape index (κ2) is 8.30. The molecule has 4 aromatic rings. The topological polar surface area (TPSA) is 70.7 Å². The molecule has 0 amide bonds. The minimum atomic E-state index is -0.385. The smallest absolute Gasteiger partial charge is 0.336 e. The summed E-state index contributed by atoms with van der Waals surface area (Å²) in [6.45, 7) is 3.86. The fourth-order valence-electron chi connectivity index (χ4n) is 4.03. The number of carbonyl (C=O) groups excluding carboxylic acids is 1. The van der Waals surface area contributed by atoms with Crippen LogP contribution in [0.3, 0.4) is 0 Å². The average molecular weight is 419 g/mol. The van der Waals surface area contributed by atoms with E-state index < -0.39 is 0 Å². The first-order valence-electron chi connectivity index (χ1n) is 10.3. The standard InChI is InChI=1S/C25H25NO5/c1-5-6-16-11-24(28)31-23-13-18(7-9-19(16)23)30-14-22(27)25-15(2)26(3)21-10-8-17(29-4)12-20(21)25/h7-13H,5-6,14H2,1-4H3. The molecule has 0 spiro atoms. The van der Waals surface area contributed by atoms with Crippen LogP contribution in [0.15, 0.2) is 51.7 Å². The summed E-state index contributed by atoms with van der Waals surface area (Å²) in [6.07, 6.45) is 1.73. The van der Waals surface area contributed by atoms with Crippen LogP contribution in [0.25, 0.3) is 21.9 Å². The number of benzene rings is 2. The number of methoxy groups -OCH3 is 1. The zero-order chi connectivity index (χ0) is 22.1. The van der Waals surface area contributed by atoms with Crippen LogP contribution in [0.1, 0.15) is 35.0 Å². The molecule has 6 heteroatoms. The maximum atomic E-state index is 13.1. The zero-order valence-corrected chi connectivity index (χ0v) is 18.2. The van der Waals surface area contributed by atoms with Gasteiger partial charge in [0.2, 0.25) is 5.78 Å². The van der Waals surface area contributed by atoms with E-state index in [-0.39, 0.29) is 18.0 Å². The van der Waals surface area contributed by atoms with Crippen molar-refractivity contribution in [2.75, 3.05) is 13.7 Å². The predicted octanol–water partition coefficient (Wildman–Crippen LogP) is 4.82. The molecular formula is C25H25NO5. The van der Waals surface area contributed by atoms with Crippen molar-refractivity contribution < 1.29 is 18.7 Å². The van der Waals surface area contributed by atoms with Gasteiger partial charge in [0.25, 0.3) is 0 Å². The van der Waals surface area contributed by atoms with E-state index in [1.807, 2.05) is 42.8 Å². The molecule has 2 aromatic heterocycles. The van der Waals surface area contributed by atoms with Gasteiger partial charge in [-0.2, -0.15) is 0 Å². The number of aromatic nitrogens is 1. The lowest BCUT2D eigenvalue weighted by molar-refractivity contribution is 0.0922. The lowest BCUT2D eigenvalue weighted by atomic mass is 10.1.